The van der Waals surface area contributed by atoms with Crippen molar-refractivity contribution in [3.63, 3.8) is 0 Å². The highest BCUT2D eigenvalue weighted by molar-refractivity contribution is 7.91. The number of allylic oxidation sites excluding steroid dienone is 1. The number of ketones is 2. The van der Waals surface area contributed by atoms with Crippen LogP contribution in [-0.2, 0) is 34.0 Å². The topological polar surface area (TPSA) is 150 Å². The van der Waals surface area contributed by atoms with Crippen LogP contribution in [0.25, 0.3) is 0 Å². The second-order valence-corrected chi connectivity index (χ2v) is 23.9. The number of nitrogens with zero attached hydrogens (tertiary/aromatic N) is 2. The van der Waals surface area contributed by atoms with Gasteiger partial charge in [0.15, 0.2) is 11.6 Å². The van der Waals surface area contributed by atoms with Crippen molar-refractivity contribution in [2.45, 2.75) is 180 Å². The Labute approximate surface area is 348 Å². The lowest BCUT2D eigenvalue weighted by Crippen LogP contribution is -2.54. The number of fused-ring (bicyclic) bond motifs is 1. The van der Waals surface area contributed by atoms with E-state index in [0.29, 0.717) is 32.2 Å². The monoisotopic (exact) mass is 825 g/mol. The zero-order valence-corrected chi connectivity index (χ0v) is 37.4. The van der Waals surface area contributed by atoms with Crippen molar-refractivity contribution in [1.82, 2.24) is 19.8 Å². The first-order chi connectivity index (χ1) is 27.1. The lowest BCUT2D eigenvalue weighted by molar-refractivity contribution is -0.147. The third kappa shape index (κ3) is 6.84. The number of Topliss-reactive ketones (excluding diaryl/α,β-unsaturated/α-hetero) is 2. The molecule has 7 rings (SSSR count). The van der Waals surface area contributed by atoms with Gasteiger partial charge in [-0.2, -0.15) is 0 Å². The standard InChI is InChI=1S/C46H72N4O7S/c1-9-31-26-44(31,40(55)48-58(56,57)43(8)20-15-21-43)28-36(52)34-27-46(42(6,7)45(46)22-16-23-45)29-50(34)39(54)32(41(3,4)5)25-35(51)37(30-17-12-11-13-18-30)47-38(53)33-19-14-24-49(33)10-2/h9,30-34,37H,1,10-29H2,2-8H3,(H,47,53)(H,48,55)/t31-,32-,33+,34+,37+,44-,46-/m1/s1. The first kappa shape index (κ1) is 43.5. The normalized spacial score (nSPS) is 33.4. The maximum atomic E-state index is 15.3. The average Bonchev–Trinajstić information content (AvgIpc) is 3.65. The molecule has 0 radical (unpaired) electrons. The highest BCUT2D eigenvalue weighted by Gasteiger charge is 2.85. The van der Waals surface area contributed by atoms with Crippen molar-refractivity contribution >= 4 is 39.3 Å². The minimum absolute atomic E-state index is 0.0156. The van der Waals surface area contributed by atoms with Gasteiger partial charge in [0.2, 0.25) is 27.7 Å². The Kier molecular flexibility index (Phi) is 11.3. The summed E-state index contributed by atoms with van der Waals surface area (Å²) in [6.07, 6.45) is 13.8. The number of sulfonamides is 1. The molecule has 324 valence electrons. The quantitative estimate of drug-likeness (QED) is 0.178. The van der Waals surface area contributed by atoms with Gasteiger partial charge in [-0.25, -0.2) is 8.42 Å². The van der Waals surface area contributed by atoms with E-state index in [0.717, 1.165) is 83.7 Å². The van der Waals surface area contributed by atoms with Crippen LogP contribution in [0.4, 0.5) is 0 Å². The van der Waals surface area contributed by atoms with Crippen molar-refractivity contribution in [1.29, 1.82) is 0 Å². The Morgan fingerprint density at radius 1 is 0.862 bits per heavy atom. The summed E-state index contributed by atoms with van der Waals surface area (Å²) in [5.41, 5.74) is -2.18. The molecule has 0 aromatic carbocycles. The molecule has 2 saturated heterocycles. The smallest absolute Gasteiger partial charge is 0.240 e. The first-order valence-electron chi connectivity index (χ1n) is 22.7. The number of hydrogen-bond acceptors (Lipinski definition) is 8. The Bertz CT molecular complexity index is 1800. The molecule has 2 spiro atoms. The molecule has 58 heavy (non-hydrogen) atoms. The van der Waals surface area contributed by atoms with Gasteiger partial charge in [-0.05, 0) is 112 Å². The van der Waals surface area contributed by atoms with E-state index in [1.54, 1.807) is 17.9 Å². The molecule has 11 nitrogen and oxygen atoms in total. The molecule has 5 saturated carbocycles. The summed E-state index contributed by atoms with van der Waals surface area (Å²) in [5.74, 6) is -2.38. The molecule has 7 aliphatic rings. The van der Waals surface area contributed by atoms with E-state index in [1.807, 2.05) is 20.8 Å². The van der Waals surface area contributed by atoms with E-state index in [2.05, 4.69) is 42.3 Å². The Balaban J connectivity index is 1.16. The fraction of sp³-hybridized carbons (Fsp3) is 0.848. The van der Waals surface area contributed by atoms with Crippen LogP contribution in [0.15, 0.2) is 12.7 Å². The molecule has 2 heterocycles. The minimum Gasteiger partial charge on any atom is -0.345 e. The van der Waals surface area contributed by atoms with E-state index < -0.39 is 49.5 Å². The van der Waals surface area contributed by atoms with Crippen LogP contribution in [0.5, 0.6) is 0 Å². The molecule has 7 atom stereocenters. The molecule has 3 amide bonds. The summed E-state index contributed by atoms with van der Waals surface area (Å²) in [6.45, 7) is 20.2. The van der Waals surface area contributed by atoms with E-state index in [4.69, 9.17) is 0 Å². The van der Waals surface area contributed by atoms with Gasteiger partial charge < -0.3 is 10.2 Å². The third-order valence-corrected chi connectivity index (χ3v) is 19.9. The zero-order chi connectivity index (χ0) is 42.3. The van der Waals surface area contributed by atoms with Crippen molar-refractivity contribution in [3.8, 4) is 0 Å². The Morgan fingerprint density at radius 3 is 2.03 bits per heavy atom. The van der Waals surface area contributed by atoms with Crippen LogP contribution >= 0.6 is 0 Å². The van der Waals surface area contributed by atoms with Crippen molar-refractivity contribution < 1.29 is 32.4 Å². The van der Waals surface area contributed by atoms with Gasteiger partial charge in [0, 0.05) is 30.7 Å². The SMILES string of the molecule is C=C[C@@H]1C[C@]1(CC(=O)[C@@H]1C[C@@]2(CN1C(=O)[C@@H](CC(=O)[C@@H](NC(=O)[C@@H]1CCCN1CC)C1CCCCC1)C(C)(C)C)C(C)(C)C21CCC1)C(=O)NS(=O)(=O)C1(C)CCC1. The van der Waals surface area contributed by atoms with Crippen LogP contribution in [0.3, 0.4) is 0 Å². The molecule has 12 heteroatoms. The zero-order valence-electron chi connectivity index (χ0n) is 36.6. The van der Waals surface area contributed by atoms with Crippen molar-refractivity contribution in [2.24, 2.45) is 44.8 Å². The average molecular weight is 825 g/mol. The molecule has 0 unspecified atom stereocenters. The van der Waals surface area contributed by atoms with Gasteiger partial charge in [0.1, 0.15) is 0 Å². The maximum Gasteiger partial charge on any atom is 0.240 e. The van der Waals surface area contributed by atoms with E-state index in [-0.39, 0.29) is 70.3 Å². The summed E-state index contributed by atoms with van der Waals surface area (Å²) in [7, 11) is -3.95. The van der Waals surface area contributed by atoms with Crippen LogP contribution in [0, 0.1) is 44.8 Å². The molecule has 0 aromatic rings. The fourth-order valence-corrected chi connectivity index (χ4v) is 14.5. The van der Waals surface area contributed by atoms with Gasteiger partial charge in [0.05, 0.1) is 28.3 Å². The fourth-order valence-electron chi connectivity index (χ4n) is 13.0. The number of rotatable bonds is 15. The lowest BCUT2D eigenvalue weighted by Gasteiger charge is -2.38. The summed E-state index contributed by atoms with van der Waals surface area (Å²) in [6, 6.07) is -1.72. The predicted molar refractivity (Wildman–Crippen MR) is 224 cm³/mol. The van der Waals surface area contributed by atoms with Crippen molar-refractivity contribution in [2.75, 3.05) is 19.6 Å². The highest BCUT2D eigenvalue weighted by Crippen LogP contribution is 2.88. The Morgan fingerprint density at radius 2 is 1.52 bits per heavy atom. The maximum absolute atomic E-state index is 15.3. The molecule has 7 fully saturated rings. The number of carbonyl (C=O) groups excluding carboxylic acids is 5. The molecular formula is C46H72N4O7S. The molecular weight excluding hydrogens is 753 g/mol. The van der Waals surface area contributed by atoms with Crippen molar-refractivity contribution in [3.05, 3.63) is 12.7 Å². The number of carbonyl (C=O) groups is 5. The van der Waals surface area contributed by atoms with Gasteiger partial charge in [-0.3, -0.25) is 33.6 Å². The highest BCUT2D eigenvalue weighted by atomic mass is 32.2. The van der Waals surface area contributed by atoms with Crippen LogP contribution in [-0.4, -0.2) is 90.0 Å². The number of likely N-dealkylation sites (tertiary alicyclic amines) is 2. The van der Waals surface area contributed by atoms with Gasteiger partial charge in [0.25, 0.3) is 0 Å². The van der Waals surface area contributed by atoms with Gasteiger partial charge >= 0.3 is 0 Å². The molecule has 0 aromatic heterocycles. The molecule has 2 N–H and O–H groups in total. The van der Waals surface area contributed by atoms with E-state index >= 15 is 4.79 Å². The third-order valence-electron chi connectivity index (χ3n) is 17.7. The summed E-state index contributed by atoms with van der Waals surface area (Å²) in [5, 5.41) is 3.23. The molecule has 5 aliphatic carbocycles. The van der Waals surface area contributed by atoms with E-state index in [9.17, 15) is 27.6 Å². The predicted octanol–water partition coefficient (Wildman–Crippen LogP) is 6.49. The largest absolute Gasteiger partial charge is 0.345 e. The Hall–Kier alpha value is -2.60. The van der Waals surface area contributed by atoms with Gasteiger partial charge in [-0.15, -0.1) is 6.58 Å². The minimum atomic E-state index is -3.95. The summed E-state index contributed by atoms with van der Waals surface area (Å²) in [4.78, 5) is 76.7. The second kappa shape index (κ2) is 15.1. The van der Waals surface area contributed by atoms with Gasteiger partial charge in [-0.1, -0.05) is 79.7 Å². The number of likely N-dealkylation sites (N-methyl/N-ethyl adjacent to an activating group) is 1. The van der Waals surface area contributed by atoms with Crippen LogP contribution < -0.4 is 10.0 Å². The number of amides is 3. The summed E-state index contributed by atoms with van der Waals surface area (Å²) < 4.78 is 28.1. The molecule has 0 bridgehead atoms. The summed E-state index contributed by atoms with van der Waals surface area (Å²) >= 11 is 0. The lowest BCUT2D eigenvalue weighted by atomic mass is 9.73. The van der Waals surface area contributed by atoms with Crippen LogP contribution in [0.1, 0.15) is 158 Å². The van der Waals surface area contributed by atoms with Crippen LogP contribution in [0.2, 0.25) is 0 Å². The second-order valence-electron chi connectivity index (χ2n) is 21.7. The number of hydrogen-bond donors (Lipinski definition) is 2. The van der Waals surface area contributed by atoms with E-state index in [1.165, 1.54) is 0 Å². The molecule has 2 aliphatic heterocycles. The number of nitrogens with one attached hydrogen (secondary N) is 2. The first-order valence-corrected chi connectivity index (χ1v) is 24.2.